The summed E-state index contributed by atoms with van der Waals surface area (Å²) in [5, 5.41) is 0. The van der Waals surface area contributed by atoms with E-state index in [9.17, 15) is 0 Å². The van der Waals surface area contributed by atoms with Gasteiger partial charge in [-0.05, 0) is 37.8 Å². The highest BCUT2D eigenvalue weighted by atomic mass is 15.3. The van der Waals surface area contributed by atoms with Crippen LogP contribution in [0.25, 0.3) is 0 Å². The Labute approximate surface area is 183 Å². The molecule has 2 nitrogen and oxygen atoms in total. The average Bonchev–Trinajstić information content (AvgIpc) is 2.72. The molecule has 0 aliphatic rings. The predicted octanol–water partition coefficient (Wildman–Crippen LogP) is 7.68. The van der Waals surface area contributed by atoms with E-state index >= 15 is 0 Å². The largest absolute Gasteiger partial charge is 0.375 e. The summed E-state index contributed by atoms with van der Waals surface area (Å²) in [6.07, 6.45) is 19.9. The van der Waals surface area contributed by atoms with Gasteiger partial charge in [-0.15, -0.1) is 0 Å². The Morgan fingerprint density at radius 2 is 1.07 bits per heavy atom. The molecule has 0 radical (unpaired) electrons. The molecule has 0 saturated carbocycles. The Hall–Kier alpha value is -1.02. The molecule has 1 aromatic carbocycles. The molecule has 1 aromatic rings. The lowest BCUT2D eigenvalue weighted by atomic mass is 10.1. The van der Waals surface area contributed by atoms with Crippen LogP contribution < -0.4 is 4.90 Å². The summed E-state index contributed by atoms with van der Waals surface area (Å²) in [6.45, 7) is 6.10. The molecule has 0 N–H and O–H groups in total. The molecule has 29 heavy (non-hydrogen) atoms. The number of para-hydroxylation sites is 1. The zero-order valence-electron chi connectivity index (χ0n) is 20.3. The molecular weight excluding hydrogens is 352 g/mol. The van der Waals surface area contributed by atoms with E-state index in [1.165, 1.54) is 113 Å². The minimum Gasteiger partial charge on any atom is -0.375 e. The van der Waals surface area contributed by atoms with E-state index in [1.54, 1.807) is 0 Å². The Bertz CT molecular complexity index is 469. The van der Waals surface area contributed by atoms with Gasteiger partial charge in [0, 0.05) is 19.3 Å². The van der Waals surface area contributed by atoms with Crippen molar-refractivity contribution in [1.29, 1.82) is 0 Å². The van der Waals surface area contributed by atoms with Crippen molar-refractivity contribution in [2.24, 2.45) is 0 Å². The van der Waals surface area contributed by atoms with E-state index in [-0.39, 0.29) is 0 Å². The van der Waals surface area contributed by atoms with Gasteiger partial charge in [0.2, 0.25) is 0 Å². The lowest BCUT2D eigenvalue weighted by Crippen LogP contribution is -2.41. The van der Waals surface area contributed by atoms with Gasteiger partial charge in [-0.1, -0.05) is 89.3 Å². The van der Waals surface area contributed by atoms with Gasteiger partial charge in [0.25, 0.3) is 0 Å². The molecule has 0 saturated heterocycles. The maximum Gasteiger partial charge on any atom is 0.0783 e. The Morgan fingerprint density at radius 3 is 1.59 bits per heavy atom. The molecule has 2 heteroatoms. The van der Waals surface area contributed by atoms with Crippen LogP contribution in [0.2, 0.25) is 0 Å². The topological polar surface area (TPSA) is 3.24 Å². The van der Waals surface area contributed by atoms with Crippen molar-refractivity contribution in [3.63, 3.8) is 0 Å². The first-order valence-electron chi connectivity index (χ1n) is 12.6. The zero-order valence-corrected chi connectivity index (χ0v) is 20.3. The van der Waals surface area contributed by atoms with Gasteiger partial charge in [0.15, 0.2) is 0 Å². The number of hydrogen-bond donors (Lipinski definition) is 0. The summed E-state index contributed by atoms with van der Waals surface area (Å²) in [6, 6.07) is 10.7. The Kier molecular flexibility index (Phi) is 15.0. The first-order chi connectivity index (χ1) is 14.0. The molecule has 0 bridgehead atoms. The van der Waals surface area contributed by atoms with E-state index in [0.717, 1.165) is 6.54 Å². The molecule has 0 unspecified atom stereocenters. The van der Waals surface area contributed by atoms with Crippen LogP contribution in [0.5, 0.6) is 0 Å². The number of nitrogens with zero attached hydrogens (tertiary/aromatic N) is 2. The van der Waals surface area contributed by atoms with Gasteiger partial charge in [0.1, 0.15) is 0 Å². The van der Waals surface area contributed by atoms with Crippen molar-refractivity contribution in [1.82, 2.24) is 0 Å². The summed E-state index contributed by atoms with van der Waals surface area (Å²) in [5.74, 6) is 0. The molecule has 0 aliphatic heterocycles. The summed E-state index contributed by atoms with van der Waals surface area (Å²) in [7, 11) is 7.04. The third-order valence-corrected chi connectivity index (χ3v) is 6.32. The van der Waals surface area contributed by atoms with Gasteiger partial charge in [-0.2, -0.15) is 0 Å². The van der Waals surface area contributed by atoms with Crippen molar-refractivity contribution < 1.29 is 4.48 Å². The van der Waals surface area contributed by atoms with Crippen LogP contribution in [0.15, 0.2) is 30.3 Å². The fraction of sp³-hybridized carbons (Fsp3) is 0.778. The molecule has 0 aromatic heterocycles. The molecular formula is C27H51N2+. The summed E-state index contributed by atoms with van der Waals surface area (Å²) in [5.41, 5.74) is 1.33. The molecule has 0 fully saturated rings. The molecule has 0 aliphatic carbocycles. The number of quaternary nitrogens is 1. The van der Waals surface area contributed by atoms with Gasteiger partial charge in [0.05, 0.1) is 27.2 Å². The lowest BCUT2D eigenvalue weighted by molar-refractivity contribution is -0.890. The van der Waals surface area contributed by atoms with Gasteiger partial charge in [-0.3, -0.25) is 0 Å². The van der Waals surface area contributed by atoms with Crippen molar-refractivity contribution in [3.05, 3.63) is 30.3 Å². The van der Waals surface area contributed by atoms with Crippen LogP contribution in [-0.2, 0) is 0 Å². The van der Waals surface area contributed by atoms with E-state index in [1.807, 2.05) is 0 Å². The van der Waals surface area contributed by atoms with Crippen molar-refractivity contribution in [2.75, 3.05) is 45.7 Å². The minimum atomic E-state index is 1.16. The zero-order chi connectivity index (χ0) is 21.2. The second-order valence-corrected chi connectivity index (χ2v) is 9.74. The molecule has 0 spiro atoms. The van der Waals surface area contributed by atoms with Crippen LogP contribution in [0.1, 0.15) is 96.8 Å². The molecule has 1 rings (SSSR count). The second kappa shape index (κ2) is 16.7. The van der Waals surface area contributed by atoms with Gasteiger partial charge in [-0.25, -0.2) is 0 Å². The van der Waals surface area contributed by atoms with Crippen molar-refractivity contribution in [2.45, 2.75) is 96.8 Å². The third kappa shape index (κ3) is 14.6. The molecule has 0 heterocycles. The number of unbranched alkanes of at least 4 members (excludes halogenated alkanes) is 12. The highest BCUT2D eigenvalue weighted by Crippen LogP contribution is 2.14. The summed E-state index contributed by atoms with van der Waals surface area (Å²) < 4.78 is 1.19. The number of anilines is 1. The maximum atomic E-state index is 2.42. The minimum absolute atomic E-state index is 1.16. The second-order valence-electron chi connectivity index (χ2n) is 9.74. The Balaban J connectivity index is 1.93. The third-order valence-electron chi connectivity index (χ3n) is 6.32. The highest BCUT2D eigenvalue weighted by molar-refractivity contribution is 5.44. The van der Waals surface area contributed by atoms with Crippen LogP contribution >= 0.6 is 0 Å². The molecule has 0 amide bonds. The monoisotopic (exact) mass is 403 g/mol. The number of hydrogen-bond acceptors (Lipinski definition) is 1. The van der Waals surface area contributed by atoms with E-state index in [4.69, 9.17) is 0 Å². The van der Waals surface area contributed by atoms with E-state index in [2.05, 4.69) is 63.3 Å². The smallest absolute Gasteiger partial charge is 0.0783 e. The fourth-order valence-corrected chi connectivity index (χ4v) is 4.19. The predicted molar refractivity (Wildman–Crippen MR) is 132 cm³/mol. The molecule has 168 valence electrons. The first-order valence-corrected chi connectivity index (χ1v) is 12.6. The number of rotatable bonds is 19. The van der Waals surface area contributed by atoms with Crippen molar-refractivity contribution in [3.8, 4) is 0 Å². The van der Waals surface area contributed by atoms with E-state index in [0.29, 0.717) is 0 Å². The normalized spacial score (nSPS) is 11.7. The fourth-order valence-electron chi connectivity index (χ4n) is 4.19. The average molecular weight is 404 g/mol. The summed E-state index contributed by atoms with van der Waals surface area (Å²) in [4.78, 5) is 2.38. The maximum absolute atomic E-state index is 2.42. The quantitative estimate of drug-likeness (QED) is 0.169. The van der Waals surface area contributed by atoms with Crippen LogP contribution in [0.3, 0.4) is 0 Å². The van der Waals surface area contributed by atoms with Gasteiger partial charge < -0.3 is 9.38 Å². The van der Waals surface area contributed by atoms with E-state index < -0.39 is 0 Å². The van der Waals surface area contributed by atoms with Crippen LogP contribution in [0.4, 0.5) is 5.69 Å². The summed E-state index contributed by atoms with van der Waals surface area (Å²) >= 11 is 0. The standard InChI is InChI=1S/C27H51N2/c1-5-6-7-8-9-10-11-12-13-14-15-20-25-29(3,4)26-21-19-24-28(2)27-22-17-16-18-23-27/h16-18,22-23H,5-15,19-21,24-26H2,1-4H3/q+1. The van der Waals surface area contributed by atoms with Crippen LogP contribution in [0, 0.1) is 0 Å². The lowest BCUT2D eigenvalue weighted by Gasteiger charge is -2.30. The van der Waals surface area contributed by atoms with Gasteiger partial charge >= 0.3 is 0 Å². The van der Waals surface area contributed by atoms with Crippen molar-refractivity contribution >= 4 is 5.69 Å². The SMILES string of the molecule is CCCCCCCCCCCCCC[N+](C)(C)CCCCN(C)c1ccccc1. The Morgan fingerprint density at radius 1 is 0.621 bits per heavy atom. The van der Waals surface area contributed by atoms with Crippen LogP contribution in [-0.4, -0.2) is 45.3 Å². The number of benzene rings is 1. The first kappa shape index (κ1) is 26.0. The molecule has 0 atom stereocenters. The highest BCUT2D eigenvalue weighted by Gasteiger charge is 2.14.